The van der Waals surface area contributed by atoms with Gasteiger partial charge in [0.2, 0.25) is 0 Å². The third-order valence-corrected chi connectivity index (χ3v) is 18.7. The topological polar surface area (TPSA) is 95.8 Å². The third-order valence-electron chi connectivity index (χ3n) is 17.1. The normalized spacial score (nSPS) is 12.8. The van der Waals surface area contributed by atoms with E-state index in [1.54, 1.807) is 0 Å². The first-order valence-corrected chi connectivity index (χ1v) is 34.3. The molecule has 1 saturated heterocycles. The summed E-state index contributed by atoms with van der Waals surface area (Å²) in [6.45, 7) is 8.29. The summed E-state index contributed by atoms with van der Waals surface area (Å²) in [6.07, 6.45) is 0. The Kier molecular flexibility index (Phi) is 20.0. The minimum Gasteiger partial charge on any atom is -0.399 e. The molecule has 8 nitrogen and oxygen atoms in total. The lowest BCUT2D eigenvalue weighted by Gasteiger charge is -2.32. The summed E-state index contributed by atoms with van der Waals surface area (Å²) < 4.78 is 15.9. The maximum atomic E-state index is 6.23. The van der Waals surface area contributed by atoms with Crippen molar-refractivity contribution in [2.75, 3.05) is 0 Å². The second-order valence-electron chi connectivity index (χ2n) is 24.1. The maximum absolute atomic E-state index is 6.23. The molecule has 0 unspecified atom stereocenters. The molecule has 12 aromatic carbocycles. The molecular formula is C84H64BBr2IN6O2. The van der Waals surface area contributed by atoms with E-state index in [2.05, 4.69) is 307 Å². The van der Waals surface area contributed by atoms with E-state index in [4.69, 9.17) is 39.2 Å². The van der Waals surface area contributed by atoms with Crippen molar-refractivity contribution < 1.29 is 9.31 Å². The van der Waals surface area contributed by atoms with Crippen LogP contribution in [0.1, 0.15) is 27.7 Å². The summed E-state index contributed by atoms with van der Waals surface area (Å²) >= 11 is 9.20. The molecule has 12 heteroatoms. The van der Waals surface area contributed by atoms with Gasteiger partial charge in [-0.1, -0.05) is 317 Å². The first kappa shape index (κ1) is 65.0. The number of benzene rings is 12. The molecule has 466 valence electrons. The molecule has 0 bridgehead atoms. The molecule has 1 aliphatic heterocycles. The molecule has 0 N–H and O–H groups in total. The number of aromatic nitrogens is 6. The van der Waals surface area contributed by atoms with Crippen LogP contribution in [-0.4, -0.2) is 48.2 Å². The summed E-state index contributed by atoms with van der Waals surface area (Å²) in [5.74, 6) is 3.86. The highest BCUT2D eigenvalue weighted by Gasteiger charge is 2.51. The van der Waals surface area contributed by atoms with Crippen molar-refractivity contribution in [3.63, 3.8) is 0 Å². The van der Waals surface area contributed by atoms with Gasteiger partial charge in [-0.05, 0) is 142 Å². The lowest BCUT2D eigenvalue weighted by molar-refractivity contribution is 0.00578. The monoisotopic (exact) mass is 1480 g/mol. The Labute approximate surface area is 592 Å². The molecule has 2 aromatic heterocycles. The SMILES string of the molecule is Brc1cccc(-c2ccc(-c3ccc(-c4nc(-c5ccccc5)nc(-c5ccc(-c6ccccc6)cc5)n4)cc3)cc2)c1.Brc1cccc(I)c1.CC1(C)OB(c2ccc(-c3ccc(-c4nc(-c5ccccc5)nc(-c5ccc(-c6ccccc6)cc5)n4)cc3)cc2)OC1(C)C. The molecule has 0 saturated carbocycles. The lowest BCUT2D eigenvalue weighted by atomic mass is 9.78. The van der Waals surface area contributed by atoms with Crippen molar-refractivity contribution in [2.24, 2.45) is 0 Å². The van der Waals surface area contributed by atoms with Gasteiger partial charge in [0.15, 0.2) is 34.9 Å². The Morgan fingerprint density at radius 1 is 0.250 bits per heavy atom. The Balaban J connectivity index is 0.000000155. The summed E-state index contributed by atoms with van der Waals surface area (Å²) in [4.78, 5) is 29.4. The quantitative estimate of drug-likeness (QED) is 0.0882. The van der Waals surface area contributed by atoms with Crippen molar-refractivity contribution in [1.29, 1.82) is 0 Å². The summed E-state index contributed by atoms with van der Waals surface area (Å²) in [5, 5.41) is 0. The zero-order valence-corrected chi connectivity index (χ0v) is 58.6. The van der Waals surface area contributed by atoms with Crippen molar-refractivity contribution in [1.82, 2.24) is 29.9 Å². The van der Waals surface area contributed by atoms with Crippen LogP contribution in [0.3, 0.4) is 0 Å². The van der Waals surface area contributed by atoms with Crippen LogP contribution < -0.4 is 5.46 Å². The second-order valence-corrected chi connectivity index (χ2v) is 27.2. The maximum Gasteiger partial charge on any atom is 0.494 e. The Bertz CT molecular complexity index is 4890. The molecule has 3 heterocycles. The van der Waals surface area contributed by atoms with Gasteiger partial charge in [-0.25, -0.2) is 29.9 Å². The van der Waals surface area contributed by atoms with Gasteiger partial charge in [-0.15, -0.1) is 0 Å². The summed E-state index contributed by atoms with van der Waals surface area (Å²) in [6, 6.07) is 108. The van der Waals surface area contributed by atoms with Gasteiger partial charge in [0.25, 0.3) is 0 Å². The van der Waals surface area contributed by atoms with Crippen molar-refractivity contribution in [2.45, 2.75) is 38.9 Å². The van der Waals surface area contributed by atoms with Crippen LogP contribution in [0, 0.1) is 3.57 Å². The highest BCUT2D eigenvalue weighted by atomic mass is 127. The Morgan fingerprint density at radius 3 is 0.740 bits per heavy atom. The van der Waals surface area contributed by atoms with E-state index in [1.165, 1.54) is 25.8 Å². The zero-order valence-electron chi connectivity index (χ0n) is 53.2. The van der Waals surface area contributed by atoms with E-state index in [-0.39, 0.29) is 18.3 Å². The molecule has 0 atom stereocenters. The van der Waals surface area contributed by atoms with Crippen LogP contribution in [0.4, 0.5) is 0 Å². The summed E-state index contributed by atoms with van der Waals surface area (Å²) in [5.41, 5.74) is 17.5. The minimum absolute atomic E-state index is 0.368. The van der Waals surface area contributed by atoms with Gasteiger partial charge in [-0.2, -0.15) is 0 Å². The fraction of sp³-hybridized carbons (Fsp3) is 0.0714. The predicted molar refractivity (Wildman–Crippen MR) is 410 cm³/mol. The van der Waals surface area contributed by atoms with Crippen LogP contribution in [0.25, 0.3) is 124 Å². The van der Waals surface area contributed by atoms with Gasteiger partial charge in [0.1, 0.15) is 0 Å². The van der Waals surface area contributed by atoms with Crippen LogP contribution in [0.15, 0.2) is 324 Å². The smallest absolute Gasteiger partial charge is 0.399 e. The molecule has 15 rings (SSSR count). The molecule has 1 fully saturated rings. The molecule has 0 aliphatic carbocycles. The number of nitrogens with zero attached hydrogens (tertiary/aromatic N) is 6. The van der Waals surface area contributed by atoms with Gasteiger partial charge >= 0.3 is 7.12 Å². The fourth-order valence-electron chi connectivity index (χ4n) is 11.0. The largest absolute Gasteiger partial charge is 0.494 e. The standard InChI is InChI=1S/C39H34BN3O2.C39H26BrN3.C6H4BrI/c1-38(2)39(3,4)45-40(44-38)34-25-23-30(24-26-34)29-17-21-33(22-18-29)37-42-35(31-13-9-6-10-14-31)41-36(43-37)32-19-15-28(16-20-32)27-11-7-5-8-12-27;40-36-13-7-12-35(26-36)31-16-14-29(15-17-31)30-20-24-34(25-21-30)39-42-37(32-10-5-2-6-11-32)41-38(43-39)33-22-18-28(19-23-33)27-8-3-1-4-9-27;7-5-2-1-3-6(8)4-5/h5-26H,1-4H3;1-26H;1-4H. The average Bonchev–Trinajstić information content (AvgIpc) is 1.50. The molecule has 0 radical (unpaired) electrons. The summed E-state index contributed by atoms with van der Waals surface area (Å²) in [7, 11) is -0.377. The fourth-order valence-corrected chi connectivity index (χ4v) is 12.8. The molecule has 0 amide bonds. The Morgan fingerprint density at radius 2 is 0.469 bits per heavy atom. The first-order chi connectivity index (χ1) is 46.7. The van der Waals surface area contributed by atoms with E-state index in [0.29, 0.717) is 34.9 Å². The highest BCUT2D eigenvalue weighted by Crippen LogP contribution is 2.38. The lowest BCUT2D eigenvalue weighted by Crippen LogP contribution is -2.41. The Hall–Kier alpha value is -9.67. The number of hydrogen-bond donors (Lipinski definition) is 0. The van der Waals surface area contributed by atoms with Crippen LogP contribution in [0.2, 0.25) is 0 Å². The van der Waals surface area contributed by atoms with E-state index in [0.717, 1.165) is 81.2 Å². The number of rotatable bonds is 12. The van der Waals surface area contributed by atoms with Gasteiger partial charge in [0.05, 0.1) is 11.2 Å². The van der Waals surface area contributed by atoms with Crippen LogP contribution in [-0.2, 0) is 9.31 Å². The molecular weight excluding hydrogens is 1420 g/mol. The van der Waals surface area contributed by atoms with Crippen LogP contribution >= 0.6 is 54.5 Å². The van der Waals surface area contributed by atoms with E-state index < -0.39 is 0 Å². The van der Waals surface area contributed by atoms with Crippen molar-refractivity contribution in [3.8, 4) is 124 Å². The second kappa shape index (κ2) is 29.5. The highest BCUT2D eigenvalue weighted by molar-refractivity contribution is 14.1. The van der Waals surface area contributed by atoms with E-state index >= 15 is 0 Å². The van der Waals surface area contributed by atoms with Crippen molar-refractivity contribution in [3.05, 3.63) is 328 Å². The van der Waals surface area contributed by atoms with E-state index in [9.17, 15) is 0 Å². The predicted octanol–water partition coefficient (Wildman–Crippen LogP) is 22.2. The molecule has 0 spiro atoms. The molecule has 14 aromatic rings. The molecule has 96 heavy (non-hydrogen) atoms. The van der Waals surface area contributed by atoms with E-state index in [1.807, 2.05) is 91.0 Å². The number of halogens is 3. The van der Waals surface area contributed by atoms with Gasteiger partial charge in [-0.3, -0.25) is 0 Å². The first-order valence-electron chi connectivity index (χ1n) is 31.6. The van der Waals surface area contributed by atoms with Gasteiger partial charge < -0.3 is 9.31 Å². The van der Waals surface area contributed by atoms with Gasteiger partial charge in [0, 0.05) is 45.9 Å². The zero-order chi connectivity index (χ0) is 66.0. The number of hydrogen-bond acceptors (Lipinski definition) is 8. The third kappa shape index (κ3) is 15.7. The minimum atomic E-state index is -0.377. The molecule has 1 aliphatic rings. The van der Waals surface area contributed by atoms with Crippen molar-refractivity contribution >= 4 is 67.0 Å². The van der Waals surface area contributed by atoms with Crippen LogP contribution in [0.5, 0.6) is 0 Å². The average molecular weight is 1490 g/mol.